The highest BCUT2D eigenvalue weighted by Gasteiger charge is 2.18. The zero-order valence-electron chi connectivity index (χ0n) is 11.2. The fourth-order valence-electron chi connectivity index (χ4n) is 2.19. The summed E-state index contributed by atoms with van der Waals surface area (Å²) in [6.45, 7) is 6.08. The van der Waals surface area contributed by atoms with Crippen molar-refractivity contribution in [1.82, 2.24) is 5.32 Å². The van der Waals surface area contributed by atoms with Crippen LogP contribution in [0.1, 0.15) is 38.8 Å². The molecule has 2 atom stereocenters. The van der Waals surface area contributed by atoms with Crippen LogP contribution < -0.4 is 5.32 Å². The van der Waals surface area contributed by atoms with Gasteiger partial charge >= 0.3 is 0 Å². The van der Waals surface area contributed by atoms with E-state index in [-0.39, 0.29) is 30.2 Å². The van der Waals surface area contributed by atoms with Gasteiger partial charge in [-0.25, -0.2) is 0 Å². The zero-order valence-corrected chi connectivity index (χ0v) is 11.2. The van der Waals surface area contributed by atoms with E-state index in [4.69, 9.17) is 0 Å². The van der Waals surface area contributed by atoms with Crippen LogP contribution in [0.4, 0.5) is 0 Å². The molecule has 0 aromatic heterocycles. The Morgan fingerprint density at radius 2 is 1.67 bits per heavy atom. The van der Waals surface area contributed by atoms with Crippen molar-refractivity contribution in [3.63, 3.8) is 0 Å². The first kappa shape index (κ1) is 14.8. The van der Waals surface area contributed by atoms with Crippen LogP contribution in [0.2, 0.25) is 0 Å². The molecule has 102 valence electrons. The van der Waals surface area contributed by atoms with Crippen LogP contribution >= 0.6 is 0 Å². The Balaban J connectivity index is 2.77. The standard InChI is InChI=1S/C14H23NO3/c1-9(2)7-11(8-16)15-10(3)14-12(17)5-4-6-13(14)18/h4-6,9-11,15-18H,7-8H2,1-3H3. The maximum Gasteiger partial charge on any atom is 0.124 e. The minimum absolute atomic E-state index is 0.0386. The molecule has 1 aromatic carbocycles. The molecule has 4 heteroatoms. The summed E-state index contributed by atoms with van der Waals surface area (Å²) in [6, 6.07) is 4.42. The molecule has 0 aliphatic heterocycles. The van der Waals surface area contributed by atoms with Crippen LogP contribution in [0.3, 0.4) is 0 Å². The molecule has 4 nitrogen and oxygen atoms in total. The van der Waals surface area contributed by atoms with Crippen LogP contribution in [0.5, 0.6) is 11.5 Å². The van der Waals surface area contributed by atoms with E-state index in [1.807, 2.05) is 6.92 Å². The smallest absolute Gasteiger partial charge is 0.124 e. The molecule has 0 saturated carbocycles. The van der Waals surface area contributed by atoms with Crippen molar-refractivity contribution in [2.24, 2.45) is 5.92 Å². The lowest BCUT2D eigenvalue weighted by atomic mass is 10.0. The first-order valence-corrected chi connectivity index (χ1v) is 6.33. The summed E-state index contributed by atoms with van der Waals surface area (Å²) in [5.41, 5.74) is 0.472. The largest absolute Gasteiger partial charge is 0.507 e. The van der Waals surface area contributed by atoms with Crippen molar-refractivity contribution in [3.05, 3.63) is 23.8 Å². The van der Waals surface area contributed by atoms with Crippen LogP contribution in [0, 0.1) is 5.92 Å². The van der Waals surface area contributed by atoms with Gasteiger partial charge in [0.2, 0.25) is 0 Å². The van der Waals surface area contributed by atoms with Gasteiger partial charge in [0.1, 0.15) is 11.5 Å². The van der Waals surface area contributed by atoms with Gasteiger partial charge in [-0.2, -0.15) is 0 Å². The molecule has 0 fully saturated rings. The Morgan fingerprint density at radius 1 is 1.11 bits per heavy atom. The average Bonchev–Trinajstić information content (AvgIpc) is 2.27. The Bertz CT molecular complexity index is 359. The molecule has 18 heavy (non-hydrogen) atoms. The van der Waals surface area contributed by atoms with Crippen molar-refractivity contribution in [2.45, 2.75) is 39.3 Å². The van der Waals surface area contributed by atoms with Crippen LogP contribution in [0.15, 0.2) is 18.2 Å². The number of phenols is 2. The summed E-state index contributed by atoms with van der Waals surface area (Å²) in [5.74, 6) is 0.604. The second-order valence-electron chi connectivity index (χ2n) is 5.11. The van der Waals surface area contributed by atoms with Gasteiger partial charge in [-0.05, 0) is 31.4 Å². The second kappa shape index (κ2) is 6.61. The van der Waals surface area contributed by atoms with E-state index >= 15 is 0 Å². The lowest BCUT2D eigenvalue weighted by Crippen LogP contribution is -2.35. The number of hydrogen-bond acceptors (Lipinski definition) is 4. The van der Waals surface area contributed by atoms with Crippen molar-refractivity contribution in [3.8, 4) is 11.5 Å². The summed E-state index contributed by atoms with van der Waals surface area (Å²) in [6.07, 6.45) is 0.842. The van der Waals surface area contributed by atoms with Gasteiger partial charge < -0.3 is 20.6 Å². The van der Waals surface area contributed by atoms with Gasteiger partial charge in [0.05, 0.1) is 12.2 Å². The van der Waals surface area contributed by atoms with Gasteiger partial charge in [-0.1, -0.05) is 19.9 Å². The molecule has 2 unspecified atom stereocenters. The first-order valence-electron chi connectivity index (χ1n) is 6.33. The van der Waals surface area contributed by atoms with Crippen LogP contribution in [-0.2, 0) is 0 Å². The quantitative estimate of drug-likeness (QED) is 0.627. The van der Waals surface area contributed by atoms with Gasteiger partial charge in [0.25, 0.3) is 0 Å². The topological polar surface area (TPSA) is 72.7 Å². The SMILES string of the molecule is CC(C)CC(CO)NC(C)c1c(O)cccc1O. The molecule has 0 aliphatic carbocycles. The molecule has 0 heterocycles. The lowest BCUT2D eigenvalue weighted by Gasteiger charge is -2.24. The Labute approximate surface area is 108 Å². The number of aromatic hydroxyl groups is 2. The number of rotatable bonds is 6. The van der Waals surface area contributed by atoms with E-state index in [2.05, 4.69) is 19.2 Å². The molecule has 0 spiro atoms. The Hall–Kier alpha value is -1.26. The molecular weight excluding hydrogens is 230 g/mol. The minimum atomic E-state index is -0.220. The third-order valence-electron chi connectivity index (χ3n) is 2.96. The van der Waals surface area contributed by atoms with E-state index in [1.165, 1.54) is 0 Å². The number of aliphatic hydroxyl groups excluding tert-OH is 1. The van der Waals surface area contributed by atoms with E-state index in [1.54, 1.807) is 18.2 Å². The van der Waals surface area contributed by atoms with E-state index < -0.39 is 0 Å². The van der Waals surface area contributed by atoms with Crippen LogP contribution in [0.25, 0.3) is 0 Å². The molecule has 1 aromatic rings. The Morgan fingerprint density at radius 3 is 2.11 bits per heavy atom. The summed E-state index contributed by atoms with van der Waals surface area (Å²) in [7, 11) is 0. The van der Waals surface area contributed by atoms with Gasteiger partial charge in [0.15, 0.2) is 0 Å². The van der Waals surface area contributed by atoms with Crippen molar-refractivity contribution in [1.29, 1.82) is 0 Å². The van der Waals surface area contributed by atoms with E-state index in [0.717, 1.165) is 6.42 Å². The summed E-state index contributed by atoms with van der Waals surface area (Å²) in [5, 5.41) is 32.1. The maximum absolute atomic E-state index is 9.77. The fourth-order valence-corrected chi connectivity index (χ4v) is 2.19. The predicted molar refractivity (Wildman–Crippen MR) is 71.7 cm³/mol. The third kappa shape index (κ3) is 3.89. The number of aliphatic hydroxyl groups is 1. The van der Waals surface area contributed by atoms with Gasteiger partial charge in [-0.3, -0.25) is 0 Å². The Kier molecular flexibility index (Phi) is 5.44. The highest BCUT2D eigenvalue weighted by Crippen LogP contribution is 2.32. The third-order valence-corrected chi connectivity index (χ3v) is 2.96. The minimum Gasteiger partial charge on any atom is -0.507 e. The number of benzene rings is 1. The van der Waals surface area contributed by atoms with Crippen molar-refractivity contribution < 1.29 is 15.3 Å². The highest BCUT2D eigenvalue weighted by atomic mass is 16.3. The number of phenolic OH excluding ortho intramolecular Hbond substituents is 2. The fraction of sp³-hybridized carbons (Fsp3) is 0.571. The molecule has 0 aliphatic rings. The molecule has 0 saturated heterocycles. The van der Waals surface area contributed by atoms with Gasteiger partial charge in [-0.15, -0.1) is 0 Å². The molecule has 0 bridgehead atoms. The van der Waals surface area contributed by atoms with Crippen molar-refractivity contribution >= 4 is 0 Å². The molecule has 1 rings (SSSR count). The van der Waals surface area contributed by atoms with E-state index in [0.29, 0.717) is 11.5 Å². The predicted octanol–water partition coefficient (Wildman–Crippen LogP) is 2.16. The lowest BCUT2D eigenvalue weighted by molar-refractivity contribution is 0.214. The number of nitrogens with one attached hydrogen (secondary N) is 1. The normalized spacial score (nSPS) is 14.7. The monoisotopic (exact) mass is 253 g/mol. The molecule has 4 N–H and O–H groups in total. The van der Waals surface area contributed by atoms with Crippen LogP contribution in [-0.4, -0.2) is 28.0 Å². The first-order chi connectivity index (χ1) is 8.45. The summed E-state index contributed by atoms with van der Waals surface area (Å²) >= 11 is 0. The number of hydrogen-bond donors (Lipinski definition) is 4. The highest BCUT2D eigenvalue weighted by molar-refractivity contribution is 5.44. The zero-order chi connectivity index (χ0) is 13.7. The second-order valence-corrected chi connectivity index (χ2v) is 5.11. The molecular formula is C14H23NO3. The average molecular weight is 253 g/mol. The summed E-state index contributed by atoms with van der Waals surface area (Å²) < 4.78 is 0. The van der Waals surface area contributed by atoms with E-state index in [9.17, 15) is 15.3 Å². The van der Waals surface area contributed by atoms with Gasteiger partial charge in [0, 0.05) is 12.1 Å². The summed E-state index contributed by atoms with van der Waals surface area (Å²) in [4.78, 5) is 0. The maximum atomic E-state index is 9.77. The molecule has 0 radical (unpaired) electrons. The van der Waals surface area contributed by atoms with Crippen molar-refractivity contribution in [2.75, 3.05) is 6.61 Å². The molecule has 0 amide bonds.